The molecule has 1 saturated carbocycles. The van der Waals surface area contributed by atoms with Crippen molar-refractivity contribution in [2.24, 2.45) is 11.8 Å². The summed E-state index contributed by atoms with van der Waals surface area (Å²) in [6, 6.07) is 3.64. The lowest BCUT2D eigenvalue weighted by molar-refractivity contribution is -0.143. The van der Waals surface area contributed by atoms with Gasteiger partial charge in [-0.05, 0) is 54.2 Å². The van der Waals surface area contributed by atoms with Crippen molar-refractivity contribution in [2.45, 2.75) is 25.7 Å². The fraction of sp³-hybridized carbons (Fsp3) is 0.583. The van der Waals surface area contributed by atoms with Crippen molar-refractivity contribution in [1.82, 2.24) is 25.3 Å². The predicted molar refractivity (Wildman–Crippen MR) is 70.2 cm³/mol. The molecule has 20 heavy (non-hydrogen) atoms. The van der Waals surface area contributed by atoms with E-state index in [1.54, 1.807) is 6.07 Å². The number of aliphatic carboxylic acids is 1. The largest absolute Gasteiger partial charge is 0.481 e. The van der Waals surface area contributed by atoms with E-state index in [0.717, 1.165) is 38.0 Å². The second-order valence-electron chi connectivity index (χ2n) is 5.18. The standard InChI is InChI=1S/C12H16N6O2/c19-12(20)9-3-1-8(2-4-9)7-13-10-5-6-11-14-16-17-18(11)15-10/h5-6,8-9H,1-4,7H2,(H,13,15)(H,19,20). The molecular weight excluding hydrogens is 260 g/mol. The van der Waals surface area contributed by atoms with Crippen LogP contribution in [0.2, 0.25) is 0 Å². The van der Waals surface area contributed by atoms with Gasteiger partial charge < -0.3 is 10.4 Å². The van der Waals surface area contributed by atoms with Crippen LogP contribution in [0.5, 0.6) is 0 Å². The SMILES string of the molecule is O=C(O)C1CCC(CNc2ccc3nnnn3n2)CC1. The minimum atomic E-state index is -0.665. The molecule has 0 aliphatic heterocycles. The first-order valence-corrected chi connectivity index (χ1v) is 6.74. The fourth-order valence-electron chi connectivity index (χ4n) is 2.61. The summed E-state index contributed by atoms with van der Waals surface area (Å²) in [6.07, 6.45) is 3.41. The lowest BCUT2D eigenvalue weighted by Crippen LogP contribution is -2.25. The molecule has 8 nitrogen and oxygen atoms in total. The number of anilines is 1. The quantitative estimate of drug-likeness (QED) is 0.851. The van der Waals surface area contributed by atoms with Crippen molar-refractivity contribution in [2.75, 3.05) is 11.9 Å². The molecule has 2 aromatic heterocycles. The highest BCUT2D eigenvalue weighted by atomic mass is 16.4. The van der Waals surface area contributed by atoms with E-state index in [0.29, 0.717) is 11.6 Å². The van der Waals surface area contributed by atoms with Gasteiger partial charge in [-0.25, -0.2) is 0 Å². The lowest BCUT2D eigenvalue weighted by atomic mass is 9.82. The molecule has 3 rings (SSSR count). The lowest BCUT2D eigenvalue weighted by Gasteiger charge is -2.26. The first-order chi connectivity index (χ1) is 9.72. The summed E-state index contributed by atoms with van der Waals surface area (Å²) in [5.41, 5.74) is 0.609. The molecule has 1 aliphatic rings. The van der Waals surface area contributed by atoms with Crippen molar-refractivity contribution in [3.8, 4) is 0 Å². The van der Waals surface area contributed by atoms with Gasteiger partial charge in [-0.3, -0.25) is 4.79 Å². The number of nitrogens with zero attached hydrogens (tertiary/aromatic N) is 5. The fourth-order valence-corrected chi connectivity index (χ4v) is 2.61. The first-order valence-electron chi connectivity index (χ1n) is 6.74. The summed E-state index contributed by atoms with van der Waals surface area (Å²) in [7, 11) is 0. The second kappa shape index (κ2) is 5.40. The summed E-state index contributed by atoms with van der Waals surface area (Å²) in [5.74, 6) is 0.395. The molecule has 0 bridgehead atoms. The average molecular weight is 276 g/mol. The van der Waals surface area contributed by atoms with Crippen LogP contribution in [-0.2, 0) is 4.79 Å². The number of nitrogens with one attached hydrogen (secondary N) is 1. The smallest absolute Gasteiger partial charge is 0.306 e. The van der Waals surface area contributed by atoms with Crippen molar-refractivity contribution < 1.29 is 9.90 Å². The highest BCUT2D eigenvalue weighted by molar-refractivity contribution is 5.70. The minimum Gasteiger partial charge on any atom is -0.481 e. The highest BCUT2D eigenvalue weighted by Gasteiger charge is 2.25. The maximum atomic E-state index is 10.9. The molecular formula is C12H16N6O2. The Hall–Kier alpha value is -2.25. The van der Waals surface area contributed by atoms with Gasteiger partial charge in [0.25, 0.3) is 0 Å². The molecule has 1 aliphatic carbocycles. The normalized spacial score (nSPS) is 22.8. The van der Waals surface area contributed by atoms with Crippen LogP contribution in [0.4, 0.5) is 5.82 Å². The van der Waals surface area contributed by atoms with Gasteiger partial charge in [-0.2, -0.15) is 0 Å². The molecule has 0 spiro atoms. The van der Waals surface area contributed by atoms with Gasteiger partial charge in [0, 0.05) is 6.54 Å². The molecule has 106 valence electrons. The minimum absolute atomic E-state index is 0.165. The number of hydrogen-bond donors (Lipinski definition) is 2. The third-order valence-corrected chi connectivity index (χ3v) is 3.84. The predicted octanol–water partition coefficient (Wildman–Crippen LogP) is 0.822. The van der Waals surface area contributed by atoms with E-state index in [2.05, 4.69) is 25.9 Å². The molecule has 1 fully saturated rings. The Balaban J connectivity index is 1.53. The zero-order valence-electron chi connectivity index (χ0n) is 10.9. The average Bonchev–Trinajstić information content (AvgIpc) is 2.93. The van der Waals surface area contributed by atoms with Gasteiger partial charge in [-0.15, -0.1) is 14.8 Å². The number of rotatable bonds is 4. The van der Waals surface area contributed by atoms with Crippen molar-refractivity contribution >= 4 is 17.4 Å². The molecule has 0 atom stereocenters. The summed E-state index contributed by atoms with van der Waals surface area (Å²) < 4.78 is 1.38. The van der Waals surface area contributed by atoms with Crippen LogP contribution in [0.1, 0.15) is 25.7 Å². The topological polar surface area (TPSA) is 105 Å². The van der Waals surface area contributed by atoms with Crippen molar-refractivity contribution in [3.05, 3.63) is 12.1 Å². The van der Waals surface area contributed by atoms with E-state index in [1.807, 2.05) is 6.07 Å². The van der Waals surface area contributed by atoms with Crippen LogP contribution >= 0.6 is 0 Å². The van der Waals surface area contributed by atoms with Gasteiger partial charge in [0.05, 0.1) is 5.92 Å². The third kappa shape index (κ3) is 2.68. The molecule has 8 heteroatoms. The monoisotopic (exact) mass is 276 g/mol. The summed E-state index contributed by atoms with van der Waals surface area (Å²) >= 11 is 0. The number of carboxylic acids is 1. The molecule has 2 aromatic rings. The molecule has 0 amide bonds. The van der Waals surface area contributed by atoms with E-state index in [1.165, 1.54) is 4.63 Å². The zero-order valence-corrected chi connectivity index (χ0v) is 10.9. The Bertz CT molecular complexity index is 605. The van der Waals surface area contributed by atoms with Gasteiger partial charge in [0.15, 0.2) is 5.65 Å². The van der Waals surface area contributed by atoms with Crippen LogP contribution < -0.4 is 5.32 Å². The summed E-state index contributed by atoms with van der Waals surface area (Å²) in [6.45, 7) is 0.799. The number of carboxylic acid groups (broad SMARTS) is 1. The molecule has 0 aromatic carbocycles. The molecule has 2 N–H and O–H groups in total. The van der Waals surface area contributed by atoms with Crippen LogP contribution in [0, 0.1) is 11.8 Å². The maximum absolute atomic E-state index is 10.9. The van der Waals surface area contributed by atoms with Gasteiger partial charge in [0.1, 0.15) is 5.82 Å². The summed E-state index contributed by atoms with van der Waals surface area (Å²) in [5, 5.41) is 27.5. The first kappa shape index (κ1) is 12.8. The Labute approximate surface area is 115 Å². The maximum Gasteiger partial charge on any atom is 0.306 e. The Kier molecular flexibility index (Phi) is 3.44. The van der Waals surface area contributed by atoms with Gasteiger partial charge >= 0.3 is 5.97 Å². The van der Waals surface area contributed by atoms with E-state index >= 15 is 0 Å². The van der Waals surface area contributed by atoms with Crippen molar-refractivity contribution in [3.63, 3.8) is 0 Å². The Morgan fingerprint density at radius 1 is 1.35 bits per heavy atom. The number of carbonyl (C=O) groups is 1. The van der Waals surface area contributed by atoms with Crippen LogP contribution in [0.15, 0.2) is 12.1 Å². The number of fused-ring (bicyclic) bond motifs is 1. The number of tetrazole rings is 1. The van der Waals surface area contributed by atoms with Gasteiger partial charge in [0.2, 0.25) is 0 Å². The number of aromatic nitrogens is 5. The molecule has 0 radical (unpaired) electrons. The summed E-state index contributed by atoms with van der Waals surface area (Å²) in [4.78, 5) is 10.9. The van der Waals surface area contributed by atoms with Crippen LogP contribution in [-0.4, -0.2) is 42.9 Å². The third-order valence-electron chi connectivity index (χ3n) is 3.84. The second-order valence-corrected chi connectivity index (χ2v) is 5.18. The Morgan fingerprint density at radius 3 is 2.90 bits per heavy atom. The van der Waals surface area contributed by atoms with E-state index in [9.17, 15) is 4.79 Å². The van der Waals surface area contributed by atoms with E-state index < -0.39 is 5.97 Å². The van der Waals surface area contributed by atoms with E-state index in [-0.39, 0.29) is 5.92 Å². The Morgan fingerprint density at radius 2 is 2.15 bits per heavy atom. The zero-order chi connectivity index (χ0) is 13.9. The molecule has 0 saturated heterocycles. The van der Waals surface area contributed by atoms with Crippen LogP contribution in [0.25, 0.3) is 5.65 Å². The van der Waals surface area contributed by atoms with E-state index in [4.69, 9.17) is 5.11 Å². The van der Waals surface area contributed by atoms with Gasteiger partial charge in [-0.1, -0.05) is 0 Å². The molecule has 2 heterocycles. The number of hydrogen-bond acceptors (Lipinski definition) is 6. The van der Waals surface area contributed by atoms with Crippen molar-refractivity contribution in [1.29, 1.82) is 0 Å². The molecule has 0 unspecified atom stereocenters. The van der Waals surface area contributed by atoms with Crippen LogP contribution in [0.3, 0.4) is 0 Å². The highest BCUT2D eigenvalue weighted by Crippen LogP contribution is 2.28.